The maximum atomic E-state index is 12.9. The third kappa shape index (κ3) is 3.14. The summed E-state index contributed by atoms with van der Waals surface area (Å²) < 4.78 is 5.46. The van der Waals surface area contributed by atoms with E-state index in [1.807, 2.05) is 9.80 Å². The van der Waals surface area contributed by atoms with Crippen molar-refractivity contribution in [3.8, 4) is 5.75 Å². The lowest BCUT2D eigenvalue weighted by atomic mass is 9.78. The number of benzene rings is 1. The fraction of sp³-hybridized carbons (Fsp3) is 0.429. The topological polar surface area (TPSA) is 49.9 Å². The van der Waals surface area contributed by atoms with Crippen molar-refractivity contribution in [3.05, 3.63) is 55.1 Å². The normalized spacial score (nSPS) is 25.0. The van der Waals surface area contributed by atoms with Gasteiger partial charge in [0.1, 0.15) is 12.4 Å². The minimum Gasteiger partial charge on any atom is -0.490 e. The first-order valence-electron chi connectivity index (χ1n) is 9.05. The Hall–Kier alpha value is -2.56. The van der Waals surface area contributed by atoms with Crippen LogP contribution >= 0.6 is 0 Å². The number of rotatable bonds is 6. The number of hydrogen-bond acceptors (Lipinski definition) is 3. The Bertz CT molecular complexity index is 712. The van der Waals surface area contributed by atoms with E-state index in [4.69, 9.17) is 4.74 Å². The Morgan fingerprint density at radius 3 is 2.69 bits per heavy atom. The second-order valence-electron chi connectivity index (χ2n) is 7.16. The third-order valence-electron chi connectivity index (χ3n) is 5.56. The average molecular weight is 354 g/mol. The van der Waals surface area contributed by atoms with E-state index in [2.05, 4.69) is 20.1 Å². The number of amides is 2. The number of carbonyl (C=O) groups is 2. The van der Waals surface area contributed by atoms with Crippen molar-refractivity contribution in [2.45, 2.75) is 13.3 Å². The maximum absolute atomic E-state index is 12.9. The van der Waals surface area contributed by atoms with Gasteiger partial charge in [0.25, 0.3) is 5.91 Å². The van der Waals surface area contributed by atoms with Gasteiger partial charge in [-0.2, -0.15) is 0 Å². The van der Waals surface area contributed by atoms with Crippen LogP contribution in [-0.4, -0.2) is 54.4 Å². The second-order valence-corrected chi connectivity index (χ2v) is 7.16. The zero-order valence-electron chi connectivity index (χ0n) is 15.3. The summed E-state index contributed by atoms with van der Waals surface area (Å²) in [6, 6.07) is 7.13. The lowest BCUT2D eigenvalue weighted by Gasteiger charge is -2.26. The Kier molecular flexibility index (Phi) is 5.16. The molecule has 2 atom stereocenters. The summed E-state index contributed by atoms with van der Waals surface area (Å²) in [5.41, 5.74) is 0.180. The van der Waals surface area contributed by atoms with Gasteiger partial charge in [-0.15, -0.1) is 6.58 Å². The molecule has 0 aliphatic carbocycles. The standard InChI is InChI=1S/C21H26N2O3/c1-4-11-22-12-10-21(20(22)25)15-23(14-16(21)3)19(24)17-6-8-18(9-7-17)26-13-5-2/h4-9,16H,1-2,10-15H2,3H3/t16-,21-/m1/s1. The fourth-order valence-corrected chi connectivity index (χ4v) is 4.04. The van der Waals surface area contributed by atoms with Crippen molar-refractivity contribution >= 4 is 11.8 Å². The van der Waals surface area contributed by atoms with Gasteiger partial charge in [-0.1, -0.05) is 25.7 Å². The molecule has 0 unspecified atom stereocenters. The summed E-state index contributed by atoms with van der Waals surface area (Å²) in [7, 11) is 0. The molecule has 0 radical (unpaired) electrons. The maximum Gasteiger partial charge on any atom is 0.253 e. The summed E-state index contributed by atoms with van der Waals surface area (Å²) in [6.07, 6.45) is 4.24. The molecule has 2 saturated heterocycles. The fourth-order valence-electron chi connectivity index (χ4n) is 4.04. The van der Waals surface area contributed by atoms with Crippen LogP contribution < -0.4 is 4.74 Å². The minimum atomic E-state index is -0.439. The van der Waals surface area contributed by atoms with Crippen LogP contribution in [0.4, 0.5) is 0 Å². The molecule has 5 nitrogen and oxygen atoms in total. The molecule has 2 amide bonds. The van der Waals surface area contributed by atoms with Crippen LogP contribution in [-0.2, 0) is 4.79 Å². The largest absolute Gasteiger partial charge is 0.490 e. The molecule has 1 aromatic rings. The summed E-state index contributed by atoms with van der Waals surface area (Å²) in [5, 5.41) is 0. The Labute approximate surface area is 154 Å². The summed E-state index contributed by atoms with van der Waals surface area (Å²) in [6.45, 7) is 12.3. The predicted molar refractivity (Wildman–Crippen MR) is 101 cm³/mol. The average Bonchev–Trinajstić information content (AvgIpc) is 3.15. The van der Waals surface area contributed by atoms with Crippen molar-refractivity contribution in [2.24, 2.45) is 11.3 Å². The Morgan fingerprint density at radius 1 is 1.31 bits per heavy atom. The molecule has 138 valence electrons. The zero-order valence-corrected chi connectivity index (χ0v) is 15.3. The van der Waals surface area contributed by atoms with E-state index in [0.29, 0.717) is 37.6 Å². The van der Waals surface area contributed by atoms with Gasteiger partial charge < -0.3 is 14.5 Å². The quantitative estimate of drug-likeness (QED) is 0.738. The van der Waals surface area contributed by atoms with Crippen LogP contribution in [0.3, 0.4) is 0 Å². The lowest BCUT2D eigenvalue weighted by molar-refractivity contribution is -0.136. The van der Waals surface area contributed by atoms with E-state index in [0.717, 1.165) is 13.0 Å². The number of carbonyl (C=O) groups excluding carboxylic acids is 2. The number of hydrogen-bond donors (Lipinski definition) is 0. The molecular formula is C21H26N2O3. The van der Waals surface area contributed by atoms with Crippen molar-refractivity contribution < 1.29 is 14.3 Å². The van der Waals surface area contributed by atoms with Crippen LogP contribution in [0.1, 0.15) is 23.7 Å². The molecule has 2 aliphatic rings. The van der Waals surface area contributed by atoms with Gasteiger partial charge in [0, 0.05) is 31.7 Å². The minimum absolute atomic E-state index is 0.0287. The highest BCUT2D eigenvalue weighted by atomic mass is 16.5. The molecule has 3 rings (SSSR count). The van der Waals surface area contributed by atoms with Crippen molar-refractivity contribution in [1.29, 1.82) is 0 Å². The monoisotopic (exact) mass is 354 g/mol. The molecule has 26 heavy (non-hydrogen) atoms. The second kappa shape index (κ2) is 7.36. The summed E-state index contributed by atoms with van der Waals surface area (Å²) >= 11 is 0. The van der Waals surface area contributed by atoms with E-state index in [1.165, 1.54) is 0 Å². The Morgan fingerprint density at radius 2 is 2.04 bits per heavy atom. The highest BCUT2D eigenvalue weighted by molar-refractivity contribution is 5.96. The van der Waals surface area contributed by atoms with Gasteiger partial charge in [-0.05, 0) is 36.6 Å². The van der Waals surface area contributed by atoms with E-state index < -0.39 is 5.41 Å². The van der Waals surface area contributed by atoms with Crippen LogP contribution in [0.5, 0.6) is 5.75 Å². The van der Waals surface area contributed by atoms with Crippen molar-refractivity contribution in [3.63, 3.8) is 0 Å². The third-order valence-corrected chi connectivity index (χ3v) is 5.56. The Balaban J connectivity index is 1.71. The highest BCUT2D eigenvalue weighted by Gasteiger charge is 2.55. The van der Waals surface area contributed by atoms with Gasteiger partial charge in [-0.3, -0.25) is 9.59 Å². The summed E-state index contributed by atoms with van der Waals surface area (Å²) in [4.78, 5) is 29.5. The van der Waals surface area contributed by atoms with Gasteiger partial charge in [0.05, 0.1) is 5.41 Å². The van der Waals surface area contributed by atoms with Gasteiger partial charge in [0.2, 0.25) is 5.91 Å². The molecule has 0 bridgehead atoms. The molecule has 0 saturated carbocycles. The van der Waals surface area contributed by atoms with Crippen molar-refractivity contribution in [2.75, 3.05) is 32.8 Å². The number of likely N-dealkylation sites (tertiary alicyclic amines) is 2. The molecule has 0 aromatic heterocycles. The highest BCUT2D eigenvalue weighted by Crippen LogP contribution is 2.45. The van der Waals surface area contributed by atoms with Gasteiger partial charge in [0.15, 0.2) is 0 Å². The molecule has 1 aromatic carbocycles. The zero-order chi connectivity index (χ0) is 18.7. The first-order valence-corrected chi connectivity index (χ1v) is 9.05. The SMILES string of the molecule is C=CCOc1ccc(C(=O)N2C[C@@H](C)[C@@]3(CCN(CC=C)C3=O)C2)cc1. The predicted octanol–water partition coefficient (Wildman–Crippen LogP) is 2.75. The van der Waals surface area contributed by atoms with Crippen molar-refractivity contribution in [1.82, 2.24) is 9.80 Å². The molecule has 2 heterocycles. The molecule has 2 fully saturated rings. The van der Waals surface area contributed by atoms with E-state index in [1.54, 1.807) is 36.4 Å². The molecule has 1 spiro atoms. The molecule has 5 heteroatoms. The van der Waals surface area contributed by atoms with E-state index >= 15 is 0 Å². The smallest absolute Gasteiger partial charge is 0.253 e. The van der Waals surface area contributed by atoms with Crippen LogP contribution in [0.15, 0.2) is 49.6 Å². The molecule has 0 N–H and O–H groups in total. The van der Waals surface area contributed by atoms with Crippen LogP contribution in [0.25, 0.3) is 0 Å². The van der Waals surface area contributed by atoms with Gasteiger partial charge in [-0.25, -0.2) is 0 Å². The van der Waals surface area contributed by atoms with Gasteiger partial charge >= 0.3 is 0 Å². The molecule has 2 aliphatic heterocycles. The number of nitrogens with zero attached hydrogens (tertiary/aromatic N) is 2. The number of ether oxygens (including phenoxy) is 1. The van der Waals surface area contributed by atoms with E-state index in [9.17, 15) is 9.59 Å². The first-order chi connectivity index (χ1) is 12.5. The summed E-state index contributed by atoms with van der Waals surface area (Å²) in [5.74, 6) is 0.995. The molecular weight excluding hydrogens is 328 g/mol. The lowest BCUT2D eigenvalue weighted by Crippen LogP contribution is -2.40. The van der Waals surface area contributed by atoms with E-state index in [-0.39, 0.29) is 17.7 Å². The van der Waals surface area contributed by atoms with Crippen LogP contribution in [0.2, 0.25) is 0 Å². The van der Waals surface area contributed by atoms with Crippen LogP contribution in [0, 0.1) is 11.3 Å². The first kappa shape index (κ1) is 18.2.